The van der Waals surface area contributed by atoms with Gasteiger partial charge in [-0.3, -0.25) is 14.3 Å². The summed E-state index contributed by atoms with van der Waals surface area (Å²) in [4.78, 5) is 25.8. The molecule has 1 aromatic heterocycles. The van der Waals surface area contributed by atoms with Gasteiger partial charge in [-0.05, 0) is 25.7 Å². The highest BCUT2D eigenvalue weighted by Crippen LogP contribution is 2.51. The van der Waals surface area contributed by atoms with E-state index in [1.807, 2.05) is 6.92 Å². The SMILES string of the molecule is Cc1cn([C@@H]2O[C@@]3(CO)CCC(C)C2[C@H]3O)c(=O)[nH]c1=O. The van der Waals surface area contributed by atoms with E-state index >= 15 is 0 Å². The smallest absolute Gasteiger partial charge is 0.330 e. The van der Waals surface area contributed by atoms with E-state index in [0.29, 0.717) is 12.0 Å². The Morgan fingerprint density at radius 1 is 1.52 bits per heavy atom. The third-order valence-electron chi connectivity index (χ3n) is 4.96. The molecule has 1 aromatic rings. The number of rotatable bonds is 2. The van der Waals surface area contributed by atoms with E-state index in [9.17, 15) is 19.8 Å². The minimum Gasteiger partial charge on any atom is -0.393 e. The molecule has 1 aliphatic heterocycles. The van der Waals surface area contributed by atoms with Gasteiger partial charge in [0.15, 0.2) is 0 Å². The van der Waals surface area contributed by atoms with Crippen LogP contribution in [0.1, 0.15) is 31.6 Å². The monoisotopic (exact) mass is 296 g/mol. The predicted octanol–water partition coefficient (Wildman–Crippen LogP) is -0.488. The van der Waals surface area contributed by atoms with Gasteiger partial charge in [0.25, 0.3) is 5.56 Å². The van der Waals surface area contributed by atoms with Crippen molar-refractivity contribution in [3.05, 3.63) is 32.6 Å². The van der Waals surface area contributed by atoms with Crippen LogP contribution in [-0.2, 0) is 4.74 Å². The summed E-state index contributed by atoms with van der Waals surface area (Å²) >= 11 is 0. The summed E-state index contributed by atoms with van der Waals surface area (Å²) in [7, 11) is 0. The number of aliphatic hydroxyl groups is 2. The van der Waals surface area contributed by atoms with E-state index in [0.717, 1.165) is 6.42 Å². The Hall–Kier alpha value is -1.44. The van der Waals surface area contributed by atoms with Gasteiger partial charge >= 0.3 is 5.69 Å². The summed E-state index contributed by atoms with van der Waals surface area (Å²) in [6.07, 6.45) is 1.33. The fourth-order valence-electron chi connectivity index (χ4n) is 3.59. The molecule has 7 nitrogen and oxygen atoms in total. The summed E-state index contributed by atoms with van der Waals surface area (Å²) in [5.74, 6) is -0.125. The van der Waals surface area contributed by atoms with Crippen LogP contribution in [-0.4, -0.2) is 38.1 Å². The Bertz CT molecular complexity index is 666. The quantitative estimate of drug-likeness (QED) is 0.683. The number of hydrogen-bond donors (Lipinski definition) is 3. The van der Waals surface area contributed by atoms with Crippen molar-refractivity contribution < 1.29 is 14.9 Å². The molecule has 0 aromatic carbocycles. The van der Waals surface area contributed by atoms with Crippen LogP contribution >= 0.6 is 0 Å². The molecule has 0 spiro atoms. The van der Waals surface area contributed by atoms with Gasteiger partial charge in [-0.1, -0.05) is 6.92 Å². The maximum absolute atomic E-state index is 12.1. The summed E-state index contributed by atoms with van der Waals surface area (Å²) in [6, 6.07) is 0. The Balaban J connectivity index is 2.09. The molecule has 0 radical (unpaired) electrons. The fourth-order valence-corrected chi connectivity index (χ4v) is 3.59. The highest BCUT2D eigenvalue weighted by molar-refractivity contribution is 5.08. The van der Waals surface area contributed by atoms with Crippen molar-refractivity contribution in [3.8, 4) is 0 Å². The Morgan fingerprint density at radius 3 is 2.90 bits per heavy atom. The molecule has 3 rings (SSSR count). The minimum atomic E-state index is -1.01. The van der Waals surface area contributed by atoms with Crippen molar-refractivity contribution >= 4 is 0 Å². The zero-order valence-corrected chi connectivity index (χ0v) is 12.1. The number of aryl methyl sites for hydroxylation is 1. The number of H-pyrrole nitrogens is 1. The maximum atomic E-state index is 12.1. The highest BCUT2D eigenvalue weighted by atomic mass is 16.6. The van der Waals surface area contributed by atoms with Crippen LogP contribution in [0, 0.1) is 18.8 Å². The molecule has 21 heavy (non-hydrogen) atoms. The number of nitrogens with zero attached hydrogens (tertiary/aromatic N) is 1. The summed E-state index contributed by atoms with van der Waals surface area (Å²) < 4.78 is 7.23. The van der Waals surface area contributed by atoms with Crippen LogP contribution in [0.25, 0.3) is 0 Å². The lowest BCUT2D eigenvalue weighted by Crippen LogP contribution is -2.49. The molecule has 116 valence electrons. The van der Waals surface area contributed by atoms with Crippen LogP contribution < -0.4 is 11.2 Å². The molecule has 2 fully saturated rings. The van der Waals surface area contributed by atoms with Crippen molar-refractivity contribution in [1.82, 2.24) is 9.55 Å². The Labute approximate surface area is 121 Å². The van der Waals surface area contributed by atoms with E-state index in [1.54, 1.807) is 6.92 Å². The molecule has 2 bridgehead atoms. The van der Waals surface area contributed by atoms with Gasteiger partial charge in [-0.15, -0.1) is 0 Å². The lowest BCUT2D eigenvalue weighted by molar-refractivity contribution is -0.133. The average molecular weight is 296 g/mol. The minimum absolute atomic E-state index is 0.159. The molecule has 2 unspecified atom stereocenters. The second kappa shape index (κ2) is 4.79. The first-order valence-corrected chi connectivity index (χ1v) is 7.18. The van der Waals surface area contributed by atoms with Crippen LogP contribution in [0.3, 0.4) is 0 Å². The zero-order chi connectivity index (χ0) is 15.4. The summed E-state index contributed by atoms with van der Waals surface area (Å²) in [5, 5.41) is 20.1. The van der Waals surface area contributed by atoms with Crippen molar-refractivity contribution in [2.75, 3.05) is 6.61 Å². The Morgan fingerprint density at radius 2 is 2.24 bits per heavy atom. The zero-order valence-electron chi connectivity index (χ0n) is 12.1. The molecule has 1 saturated carbocycles. The molecule has 5 atom stereocenters. The second-order valence-electron chi connectivity index (χ2n) is 6.25. The maximum Gasteiger partial charge on any atom is 0.330 e. The van der Waals surface area contributed by atoms with Gasteiger partial charge in [-0.25, -0.2) is 4.79 Å². The van der Waals surface area contributed by atoms with Crippen molar-refractivity contribution in [3.63, 3.8) is 0 Å². The molecular weight excluding hydrogens is 276 g/mol. The number of aliphatic hydroxyl groups excluding tert-OH is 2. The second-order valence-corrected chi connectivity index (χ2v) is 6.25. The van der Waals surface area contributed by atoms with Gasteiger partial charge in [0, 0.05) is 17.7 Å². The molecule has 0 amide bonds. The van der Waals surface area contributed by atoms with Crippen LogP contribution in [0.5, 0.6) is 0 Å². The normalized spacial score (nSPS) is 38.7. The van der Waals surface area contributed by atoms with Gasteiger partial charge in [-0.2, -0.15) is 0 Å². The van der Waals surface area contributed by atoms with Crippen molar-refractivity contribution in [2.45, 2.75) is 44.6 Å². The third-order valence-corrected chi connectivity index (χ3v) is 4.96. The average Bonchev–Trinajstić information content (AvgIpc) is 2.63. The Kier molecular flexibility index (Phi) is 3.31. The summed E-state index contributed by atoms with van der Waals surface area (Å²) in [5.41, 5.74) is -1.59. The largest absolute Gasteiger partial charge is 0.393 e. The van der Waals surface area contributed by atoms with Gasteiger partial charge in [0.1, 0.15) is 11.8 Å². The third kappa shape index (κ3) is 1.99. The van der Waals surface area contributed by atoms with Crippen molar-refractivity contribution in [2.24, 2.45) is 11.8 Å². The van der Waals surface area contributed by atoms with E-state index in [1.165, 1.54) is 10.8 Å². The van der Waals surface area contributed by atoms with E-state index in [4.69, 9.17) is 4.74 Å². The predicted molar refractivity (Wildman–Crippen MR) is 73.9 cm³/mol. The molecular formula is C14H20N2O5. The molecule has 7 heteroatoms. The van der Waals surface area contributed by atoms with Crippen LogP contribution in [0.15, 0.2) is 15.8 Å². The number of aromatic amines is 1. The number of fused-ring (bicyclic) bond motifs is 2. The standard InChI is InChI=1S/C14H20N2O5/c1-7-3-4-14(6-17)10(18)9(7)12(21-14)16-5-8(2)11(19)15-13(16)20/h5,7,9-10,12,17-18H,3-4,6H2,1-2H3,(H,15,19,20)/t7?,9?,10-,12-,14-/m1/s1. The molecule has 3 N–H and O–H groups in total. The lowest BCUT2D eigenvalue weighted by atomic mass is 9.72. The molecule has 2 heterocycles. The lowest BCUT2D eigenvalue weighted by Gasteiger charge is -2.37. The highest BCUT2D eigenvalue weighted by Gasteiger charge is 2.59. The van der Waals surface area contributed by atoms with E-state index in [-0.39, 0.29) is 18.4 Å². The van der Waals surface area contributed by atoms with E-state index < -0.39 is 29.2 Å². The number of aromatic nitrogens is 2. The van der Waals surface area contributed by atoms with Crippen molar-refractivity contribution in [1.29, 1.82) is 0 Å². The first kappa shape index (κ1) is 14.5. The van der Waals surface area contributed by atoms with Crippen LogP contribution in [0.2, 0.25) is 0 Å². The van der Waals surface area contributed by atoms with E-state index in [2.05, 4.69) is 4.98 Å². The van der Waals surface area contributed by atoms with Crippen LogP contribution in [0.4, 0.5) is 0 Å². The first-order chi connectivity index (χ1) is 9.89. The molecule has 1 saturated heterocycles. The van der Waals surface area contributed by atoms with Gasteiger partial charge < -0.3 is 14.9 Å². The molecule has 1 aliphatic carbocycles. The number of ether oxygens (including phenoxy) is 1. The number of nitrogens with one attached hydrogen (secondary N) is 1. The number of hydrogen-bond acceptors (Lipinski definition) is 5. The van der Waals surface area contributed by atoms with Gasteiger partial charge in [0.2, 0.25) is 0 Å². The molecule has 2 aliphatic rings. The first-order valence-electron chi connectivity index (χ1n) is 7.18. The fraction of sp³-hybridized carbons (Fsp3) is 0.714. The summed E-state index contributed by atoms with van der Waals surface area (Å²) in [6.45, 7) is 3.32. The topological polar surface area (TPSA) is 105 Å². The van der Waals surface area contributed by atoms with Gasteiger partial charge in [0.05, 0.1) is 12.7 Å².